The molecule has 0 aliphatic rings. The van der Waals surface area contributed by atoms with E-state index in [1.54, 1.807) is 0 Å². The summed E-state index contributed by atoms with van der Waals surface area (Å²) in [6.07, 6.45) is 2.63. The highest BCUT2D eigenvalue weighted by Crippen LogP contribution is 2.28. The van der Waals surface area contributed by atoms with Crippen LogP contribution in [0, 0.1) is 6.92 Å². The zero-order chi connectivity index (χ0) is 14.8. The topological polar surface area (TPSA) is 12.9 Å². The lowest BCUT2D eigenvalue weighted by molar-refractivity contribution is 0.880. The molecule has 1 atom stereocenters. The molecule has 1 unspecified atom stereocenters. The van der Waals surface area contributed by atoms with E-state index in [1.165, 1.54) is 16.3 Å². The first kappa shape index (κ1) is 14.6. The molecule has 3 heteroatoms. The second kappa shape index (κ2) is 6.17. The Morgan fingerprint density at radius 3 is 2.57 bits per heavy atom. The minimum atomic E-state index is -0.0618. The maximum Gasteiger partial charge on any atom is 0.0640 e. The molecular formula is C18H15BrClN. The maximum absolute atomic E-state index is 6.56. The normalized spacial score (nSPS) is 12.5. The van der Waals surface area contributed by atoms with Crippen LogP contribution in [-0.4, -0.2) is 4.98 Å². The van der Waals surface area contributed by atoms with Gasteiger partial charge in [-0.05, 0) is 53.1 Å². The number of hydrogen-bond donors (Lipinski definition) is 0. The molecule has 0 bridgehead atoms. The third-order valence-electron chi connectivity index (χ3n) is 3.55. The SMILES string of the molecule is Cc1ccc(CC(Cl)c2ccc3cc(Br)ccc3c2)nc1. The molecule has 2 aromatic carbocycles. The van der Waals surface area contributed by atoms with Crippen molar-refractivity contribution in [3.05, 3.63) is 76.0 Å². The number of hydrogen-bond acceptors (Lipinski definition) is 1. The van der Waals surface area contributed by atoms with Crippen LogP contribution in [-0.2, 0) is 6.42 Å². The molecule has 1 heterocycles. The van der Waals surface area contributed by atoms with Crippen LogP contribution in [0.4, 0.5) is 0 Å². The summed E-state index contributed by atoms with van der Waals surface area (Å²) in [4.78, 5) is 4.43. The van der Waals surface area contributed by atoms with Gasteiger partial charge < -0.3 is 0 Å². The molecule has 0 aliphatic heterocycles. The smallest absolute Gasteiger partial charge is 0.0640 e. The van der Waals surface area contributed by atoms with E-state index in [4.69, 9.17) is 11.6 Å². The van der Waals surface area contributed by atoms with Crippen molar-refractivity contribution in [1.82, 2.24) is 4.98 Å². The number of fused-ring (bicyclic) bond motifs is 1. The van der Waals surface area contributed by atoms with E-state index in [1.807, 2.05) is 19.2 Å². The largest absolute Gasteiger partial charge is 0.261 e. The number of benzene rings is 2. The van der Waals surface area contributed by atoms with Crippen LogP contribution >= 0.6 is 27.5 Å². The van der Waals surface area contributed by atoms with Crippen molar-refractivity contribution in [1.29, 1.82) is 0 Å². The lowest BCUT2D eigenvalue weighted by atomic mass is 10.0. The Morgan fingerprint density at radius 1 is 1.05 bits per heavy atom. The van der Waals surface area contributed by atoms with E-state index in [2.05, 4.69) is 63.4 Å². The first-order chi connectivity index (χ1) is 10.1. The summed E-state index contributed by atoms with van der Waals surface area (Å²) in [6, 6.07) is 16.8. The lowest BCUT2D eigenvalue weighted by Crippen LogP contribution is -1.98. The standard InChI is InChI=1S/C18H15BrClN/c1-12-2-7-17(21-11-12)10-18(20)15-4-3-14-9-16(19)6-5-13(14)8-15/h2-9,11,18H,10H2,1H3. The number of aryl methyl sites for hydroxylation is 1. The average molecular weight is 361 g/mol. The number of aromatic nitrogens is 1. The zero-order valence-corrected chi connectivity index (χ0v) is 14.0. The first-order valence-corrected chi connectivity index (χ1v) is 8.09. The molecule has 0 aliphatic carbocycles. The molecule has 0 fully saturated rings. The molecule has 0 saturated heterocycles. The zero-order valence-electron chi connectivity index (χ0n) is 11.7. The first-order valence-electron chi connectivity index (χ1n) is 6.86. The van der Waals surface area contributed by atoms with E-state index in [9.17, 15) is 0 Å². The second-order valence-electron chi connectivity index (χ2n) is 5.25. The number of rotatable bonds is 3. The highest BCUT2D eigenvalue weighted by molar-refractivity contribution is 9.10. The van der Waals surface area contributed by atoms with Gasteiger partial charge in [0.05, 0.1) is 5.38 Å². The fraction of sp³-hybridized carbons (Fsp3) is 0.167. The maximum atomic E-state index is 6.56. The second-order valence-corrected chi connectivity index (χ2v) is 6.69. The number of halogens is 2. The van der Waals surface area contributed by atoms with E-state index in [0.29, 0.717) is 0 Å². The van der Waals surface area contributed by atoms with Gasteiger partial charge in [-0.2, -0.15) is 0 Å². The monoisotopic (exact) mass is 359 g/mol. The molecule has 0 saturated carbocycles. The van der Waals surface area contributed by atoms with Gasteiger partial charge in [-0.1, -0.05) is 40.2 Å². The molecule has 0 amide bonds. The fourth-order valence-corrected chi connectivity index (χ4v) is 3.02. The Labute approximate surface area is 138 Å². The summed E-state index contributed by atoms with van der Waals surface area (Å²) in [5.74, 6) is 0. The van der Waals surface area contributed by atoms with Crippen molar-refractivity contribution in [2.75, 3.05) is 0 Å². The Morgan fingerprint density at radius 2 is 1.81 bits per heavy atom. The van der Waals surface area contributed by atoms with Gasteiger partial charge in [0.15, 0.2) is 0 Å². The van der Waals surface area contributed by atoms with Crippen LogP contribution in [0.15, 0.2) is 59.2 Å². The third kappa shape index (κ3) is 3.45. The van der Waals surface area contributed by atoms with Crippen LogP contribution < -0.4 is 0 Å². The van der Waals surface area contributed by atoms with Crippen LogP contribution in [0.3, 0.4) is 0 Å². The Kier molecular flexibility index (Phi) is 4.27. The molecule has 106 valence electrons. The Balaban J connectivity index is 1.85. The molecular weight excluding hydrogens is 346 g/mol. The van der Waals surface area contributed by atoms with Crippen LogP contribution in [0.25, 0.3) is 10.8 Å². The van der Waals surface area contributed by atoms with Crippen molar-refractivity contribution in [3.63, 3.8) is 0 Å². The third-order valence-corrected chi connectivity index (χ3v) is 4.45. The van der Waals surface area contributed by atoms with Gasteiger partial charge in [-0.25, -0.2) is 0 Å². The van der Waals surface area contributed by atoms with Crippen LogP contribution in [0.5, 0.6) is 0 Å². The minimum absolute atomic E-state index is 0.0618. The van der Waals surface area contributed by atoms with Crippen molar-refractivity contribution in [2.45, 2.75) is 18.7 Å². The molecule has 0 N–H and O–H groups in total. The van der Waals surface area contributed by atoms with E-state index in [-0.39, 0.29) is 5.38 Å². The highest BCUT2D eigenvalue weighted by Gasteiger charge is 2.10. The van der Waals surface area contributed by atoms with Crippen LogP contribution in [0.1, 0.15) is 22.2 Å². The molecule has 1 aromatic heterocycles. The molecule has 0 radical (unpaired) electrons. The van der Waals surface area contributed by atoms with Gasteiger partial charge in [-0.3, -0.25) is 4.98 Å². The summed E-state index contributed by atoms with van der Waals surface area (Å²) in [6.45, 7) is 2.04. The molecule has 3 rings (SSSR count). The van der Waals surface area contributed by atoms with E-state index < -0.39 is 0 Å². The number of alkyl halides is 1. The summed E-state index contributed by atoms with van der Waals surface area (Å²) in [7, 11) is 0. The number of pyridine rings is 1. The molecule has 21 heavy (non-hydrogen) atoms. The molecule has 0 spiro atoms. The van der Waals surface area contributed by atoms with Gasteiger partial charge in [0, 0.05) is 22.8 Å². The van der Waals surface area contributed by atoms with Gasteiger partial charge in [0.2, 0.25) is 0 Å². The van der Waals surface area contributed by atoms with Gasteiger partial charge >= 0.3 is 0 Å². The minimum Gasteiger partial charge on any atom is -0.261 e. The number of nitrogens with zero attached hydrogens (tertiary/aromatic N) is 1. The van der Waals surface area contributed by atoms with E-state index in [0.717, 1.165) is 22.2 Å². The summed E-state index contributed by atoms with van der Waals surface area (Å²) in [5.41, 5.74) is 3.33. The summed E-state index contributed by atoms with van der Waals surface area (Å²) in [5, 5.41) is 2.36. The van der Waals surface area contributed by atoms with Crippen molar-refractivity contribution < 1.29 is 0 Å². The molecule has 3 aromatic rings. The fourth-order valence-electron chi connectivity index (χ4n) is 2.35. The average Bonchev–Trinajstić information content (AvgIpc) is 2.49. The summed E-state index contributed by atoms with van der Waals surface area (Å²) >= 11 is 10.1. The van der Waals surface area contributed by atoms with E-state index >= 15 is 0 Å². The van der Waals surface area contributed by atoms with Crippen molar-refractivity contribution in [2.24, 2.45) is 0 Å². The van der Waals surface area contributed by atoms with Gasteiger partial charge in [0.25, 0.3) is 0 Å². The highest BCUT2D eigenvalue weighted by atomic mass is 79.9. The predicted molar refractivity (Wildman–Crippen MR) is 92.9 cm³/mol. The molecule has 1 nitrogen and oxygen atoms in total. The van der Waals surface area contributed by atoms with Gasteiger partial charge in [-0.15, -0.1) is 11.6 Å². The summed E-state index contributed by atoms with van der Waals surface area (Å²) < 4.78 is 1.09. The lowest BCUT2D eigenvalue weighted by Gasteiger charge is -2.11. The van der Waals surface area contributed by atoms with Gasteiger partial charge in [0.1, 0.15) is 0 Å². The Bertz CT molecular complexity index is 768. The Hall–Kier alpha value is -1.38. The quantitative estimate of drug-likeness (QED) is 0.536. The van der Waals surface area contributed by atoms with Crippen molar-refractivity contribution in [3.8, 4) is 0 Å². The van der Waals surface area contributed by atoms with Crippen LogP contribution in [0.2, 0.25) is 0 Å². The van der Waals surface area contributed by atoms with Crippen molar-refractivity contribution >= 4 is 38.3 Å². The predicted octanol–water partition coefficient (Wildman–Crippen LogP) is 5.83.